The van der Waals surface area contributed by atoms with Crippen LogP contribution >= 0.6 is 11.3 Å². The molecule has 0 fully saturated rings. The fourth-order valence-corrected chi connectivity index (χ4v) is 2.21. The van der Waals surface area contributed by atoms with Gasteiger partial charge in [0.1, 0.15) is 6.07 Å². The Balaban J connectivity index is 2.12. The van der Waals surface area contributed by atoms with Crippen LogP contribution in [0.5, 0.6) is 0 Å². The van der Waals surface area contributed by atoms with Gasteiger partial charge in [-0.25, -0.2) is 4.98 Å². The summed E-state index contributed by atoms with van der Waals surface area (Å²) >= 11 is 1.64. The van der Waals surface area contributed by atoms with E-state index in [2.05, 4.69) is 16.4 Å². The average molecular weight is 244 g/mol. The highest BCUT2D eigenvalue weighted by molar-refractivity contribution is 7.11. The van der Waals surface area contributed by atoms with Gasteiger partial charge in [-0.2, -0.15) is 5.26 Å². The third kappa shape index (κ3) is 2.74. The normalized spacial score (nSPS) is 9.88. The van der Waals surface area contributed by atoms with E-state index in [1.54, 1.807) is 23.5 Å². The number of thiazole rings is 1. The van der Waals surface area contributed by atoms with Crippen molar-refractivity contribution in [2.24, 2.45) is 0 Å². The zero-order valence-electron chi connectivity index (χ0n) is 9.40. The summed E-state index contributed by atoms with van der Waals surface area (Å²) in [5, 5.41) is 13.2. The fraction of sp³-hybridized carbons (Fsp3) is 0.167. The van der Waals surface area contributed by atoms with Gasteiger partial charge >= 0.3 is 0 Å². The van der Waals surface area contributed by atoms with Crippen molar-refractivity contribution >= 4 is 22.7 Å². The number of aryl methyl sites for hydroxylation is 1. The lowest BCUT2D eigenvalue weighted by Crippen LogP contribution is -2.00. The molecule has 0 aliphatic carbocycles. The Labute approximate surface area is 104 Å². The van der Waals surface area contributed by atoms with Crippen LogP contribution in [-0.2, 0) is 6.54 Å². The quantitative estimate of drug-likeness (QED) is 0.813. The van der Waals surface area contributed by atoms with Crippen LogP contribution in [0.15, 0.2) is 24.4 Å². The fourth-order valence-electron chi connectivity index (χ4n) is 1.48. The predicted octanol–water partition coefficient (Wildman–Crippen LogP) is 2.52. The number of hydrogen-bond acceptors (Lipinski definition) is 5. The van der Waals surface area contributed by atoms with Crippen LogP contribution in [0.4, 0.5) is 11.4 Å². The number of hydrogen-bond donors (Lipinski definition) is 2. The zero-order chi connectivity index (χ0) is 12.3. The Bertz CT molecular complexity index is 568. The molecule has 5 heteroatoms. The maximum Gasteiger partial charge on any atom is 0.101 e. The number of nitriles is 1. The van der Waals surface area contributed by atoms with Gasteiger partial charge in [-0.1, -0.05) is 0 Å². The number of anilines is 2. The number of benzene rings is 1. The molecular formula is C12H12N4S. The van der Waals surface area contributed by atoms with Gasteiger partial charge in [-0.3, -0.25) is 0 Å². The Morgan fingerprint density at radius 2 is 2.35 bits per heavy atom. The largest absolute Gasteiger partial charge is 0.399 e. The summed E-state index contributed by atoms with van der Waals surface area (Å²) in [6.45, 7) is 2.64. The van der Waals surface area contributed by atoms with Crippen molar-refractivity contribution in [3.05, 3.63) is 39.8 Å². The summed E-state index contributed by atoms with van der Waals surface area (Å²) in [6.07, 6.45) is 1.84. The minimum Gasteiger partial charge on any atom is -0.399 e. The van der Waals surface area contributed by atoms with Crippen LogP contribution in [-0.4, -0.2) is 4.98 Å². The van der Waals surface area contributed by atoms with Gasteiger partial charge in [0.15, 0.2) is 0 Å². The van der Waals surface area contributed by atoms with E-state index in [1.807, 2.05) is 19.2 Å². The lowest BCUT2D eigenvalue weighted by molar-refractivity contribution is 1.16. The highest BCUT2D eigenvalue weighted by Crippen LogP contribution is 2.20. The number of aromatic nitrogens is 1. The van der Waals surface area contributed by atoms with Gasteiger partial charge < -0.3 is 11.1 Å². The van der Waals surface area contributed by atoms with Crippen molar-refractivity contribution in [1.29, 1.82) is 5.26 Å². The van der Waals surface area contributed by atoms with Crippen molar-refractivity contribution < 1.29 is 0 Å². The summed E-state index contributed by atoms with van der Waals surface area (Å²) in [7, 11) is 0. The van der Waals surface area contributed by atoms with E-state index in [0.29, 0.717) is 17.8 Å². The first-order valence-corrected chi connectivity index (χ1v) is 5.95. The Morgan fingerprint density at radius 1 is 1.53 bits per heavy atom. The van der Waals surface area contributed by atoms with Gasteiger partial charge in [0.2, 0.25) is 0 Å². The molecule has 86 valence electrons. The second-order valence-electron chi connectivity index (χ2n) is 3.62. The molecule has 2 rings (SSSR count). The van der Waals surface area contributed by atoms with Crippen molar-refractivity contribution in [2.45, 2.75) is 13.5 Å². The smallest absolute Gasteiger partial charge is 0.101 e. The van der Waals surface area contributed by atoms with E-state index in [0.717, 1.165) is 15.6 Å². The second kappa shape index (κ2) is 4.85. The molecule has 2 aromatic rings. The van der Waals surface area contributed by atoms with Gasteiger partial charge in [-0.15, -0.1) is 11.3 Å². The topological polar surface area (TPSA) is 74.7 Å². The molecule has 17 heavy (non-hydrogen) atoms. The molecule has 1 aromatic carbocycles. The first kappa shape index (κ1) is 11.4. The number of nitrogens with zero attached hydrogens (tertiary/aromatic N) is 2. The lowest BCUT2D eigenvalue weighted by atomic mass is 10.1. The molecule has 0 unspecified atom stereocenters. The highest BCUT2D eigenvalue weighted by Gasteiger charge is 2.03. The summed E-state index contributed by atoms with van der Waals surface area (Å²) in [5.41, 5.74) is 7.58. The van der Waals surface area contributed by atoms with Crippen molar-refractivity contribution in [3.8, 4) is 6.07 Å². The molecule has 0 bridgehead atoms. The van der Waals surface area contributed by atoms with Gasteiger partial charge in [0.25, 0.3) is 0 Å². The molecule has 0 saturated heterocycles. The van der Waals surface area contributed by atoms with Gasteiger partial charge in [0, 0.05) is 16.8 Å². The number of nitrogen functional groups attached to an aromatic ring is 1. The summed E-state index contributed by atoms with van der Waals surface area (Å²) < 4.78 is 0. The molecule has 4 nitrogen and oxygen atoms in total. The van der Waals surface area contributed by atoms with Crippen LogP contribution in [0, 0.1) is 18.3 Å². The third-order valence-corrected chi connectivity index (χ3v) is 3.20. The van der Waals surface area contributed by atoms with Gasteiger partial charge in [-0.05, 0) is 25.1 Å². The van der Waals surface area contributed by atoms with Crippen LogP contribution in [0.3, 0.4) is 0 Å². The van der Waals surface area contributed by atoms with E-state index in [9.17, 15) is 0 Å². The summed E-state index contributed by atoms with van der Waals surface area (Å²) in [4.78, 5) is 5.32. The van der Waals surface area contributed by atoms with Crippen LogP contribution < -0.4 is 11.1 Å². The van der Waals surface area contributed by atoms with E-state index in [-0.39, 0.29) is 0 Å². The molecule has 0 aliphatic heterocycles. The monoisotopic (exact) mass is 244 g/mol. The van der Waals surface area contributed by atoms with Crippen LogP contribution in [0.25, 0.3) is 0 Å². The molecule has 1 aromatic heterocycles. The minimum atomic E-state index is 0.561. The molecular weight excluding hydrogens is 232 g/mol. The number of nitrogens with two attached hydrogens (primary N) is 1. The SMILES string of the molecule is Cc1ncc(CNc2ccc(N)cc2C#N)s1. The molecule has 3 N–H and O–H groups in total. The molecule has 0 amide bonds. The second-order valence-corrected chi connectivity index (χ2v) is 4.94. The van der Waals surface area contributed by atoms with Crippen LogP contribution in [0.1, 0.15) is 15.4 Å². The molecule has 0 aliphatic rings. The Kier molecular flexibility index (Phi) is 3.26. The standard InChI is InChI=1S/C12H12N4S/c1-8-15-6-11(17-8)7-16-12-3-2-10(14)4-9(12)5-13/h2-4,6,16H,7,14H2,1H3. The summed E-state index contributed by atoms with van der Waals surface area (Å²) in [6, 6.07) is 7.39. The Morgan fingerprint density at radius 3 is 3.00 bits per heavy atom. The zero-order valence-corrected chi connectivity index (χ0v) is 10.2. The van der Waals surface area contributed by atoms with Gasteiger partial charge in [0.05, 0.1) is 22.8 Å². The number of rotatable bonds is 3. The maximum atomic E-state index is 8.99. The average Bonchev–Trinajstić information content (AvgIpc) is 2.73. The number of nitrogens with one attached hydrogen (secondary N) is 1. The van der Waals surface area contributed by atoms with Crippen molar-refractivity contribution in [2.75, 3.05) is 11.1 Å². The van der Waals surface area contributed by atoms with Crippen molar-refractivity contribution in [3.63, 3.8) is 0 Å². The molecule has 0 atom stereocenters. The molecule has 0 radical (unpaired) electrons. The Hall–Kier alpha value is -2.06. The molecule has 0 spiro atoms. The minimum absolute atomic E-state index is 0.561. The third-order valence-electron chi connectivity index (χ3n) is 2.29. The van der Waals surface area contributed by atoms with E-state index < -0.39 is 0 Å². The summed E-state index contributed by atoms with van der Waals surface area (Å²) in [5.74, 6) is 0. The lowest BCUT2D eigenvalue weighted by Gasteiger charge is -2.07. The molecule has 1 heterocycles. The van der Waals surface area contributed by atoms with E-state index >= 15 is 0 Å². The first-order chi connectivity index (χ1) is 8.19. The van der Waals surface area contributed by atoms with E-state index in [1.165, 1.54) is 0 Å². The first-order valence-electron chi connectivity index (χ1n) is 5.14. The predicted molar refractivity (Wildman–Crippen MR) is 69.7 cm³/mol. The maximum absolute atomic E-state index is 8.99. The van der Waals surface area contributed by atoms with E-state index in [4.69, 9.17) is 11.0 Å². The van der Waals surface area contributed by atoms with Crippen LogP contribution in [0.2, 0.25) is 0 Å². The highest BCUT2D eigenvalue weighted by atomic mass is 32.1. The molecule has 0 saturated carbocycles. The van der Waals surface area contributed by atoms with Crippen molar-refractivity contribution in [1.82, 2.24) is 4.98 Å².